The molecular weight excluding hydrogens is 361 g/mol. The first-order valence-electron chi connectivity index (χ1n) is 4.57. The maximum Gasteiger partial charge on any atom is 0.319 e. The van der Waals surface area contributed by atoms with Gasteiger partial charge in [0.2, 0.25) is 10.0 Å². The quantitative estimate of drug-likeness (QED) is 0.434. The minimum absolute atomic E-state index is 0.0234. The number of nitrogens with zero attached hydrogens (tertiary/aromatic N) is 2. The molecule has 0 spiro atoms. The highest BCUT2D eigenvalue weighted by Crippen LogP contribution is 2.08. The standard InChI is InChI=1S/C8H12IN3O4S/c1-12-5-6(3-10-12)17(14,15)11-4-7(9)8(13)16-2/h3,5,7,11H,4H2,1-2H3. The van der Waals surface area contributed by atoms with Gasteiger partial charge in [-0.1, -0.05) is 22.6 Å². The second kappa shape index (κ2) is 5.78. The molecule has 0 aliphatic rings. The van der Waals surface area contributed by atoms with Crippen LogP contribution in [-0.4, -0.2) is 41.7 Å². The van der Waals surface area contributed by atoms with E-state index in [0.717, 1.165) is 0 Å². The fourth-order valence-electron chi connectivity index (χ4n) is 1.01. The molecule has 1 unspecified atom stereocenters. The van der Waals surface area contributed by atoms with E-state index in [1.54, 1.807) is 7.05 Å². The van der Waals surface area contributed by atoms with Gasteiger partial charge in [-0.2, -0.15) is 5.10 Å². The zero-order valence-corrected chi connectivity index (χ0v) is 12.2. The third-order valence-electron chi connectivity index (χ3n) is 1.90. The molecule has 0 saturated carbocycles. The highest BCUT2D eigenvalue weighted by Gasteiger charge is 2.21. The normalized spacial score (nSPS) is 13.4. The molecule has 0 fully saturated rings. The highest BCUT2D eigenvalue weighted by molar-refractivity contribution is 14.1. The Hall–Kier alpha value is -0.680. The number of carbonyl (C=O) groups is 1. The summed E-state index contributed by atoms with van der Waals surface area (Å²) in [5, 5.41) is 3.77. The van der Waals surface area contributed by atoms with Crippen LogP contribution in [0.3, 0.4) is 0 Å². The topological polar surface area (TPSA) is 90.3 Å². The molecule has 1 atom stereocenters. The van der Waals surface area contributed by atoms with Gasteiger partial charge in [0.15, 0.2) is 0 Å². The molecule has 0 bridgehead atoms. The van der Waals surface area contributed by atoms with E-state index < -0.39 is 19.9 Å². The molecule has 7 nitrogen and oxygen atoms in total. The molecule has 1 aromatic heterocycles. The van der Waals surface area contributed by atoms with Crippen molar-refractivity contribution in [1.82, 2.24) is 14.5 Å². The summed E-state index contributed by atoms with van der Waals surface area (Å²) in [7, 11) is -0.749. The predicted octanol–water partition coefficient (Wildman–Crippen LogP) is -0.325. The van der Waals surface area contributed by atoms with Crippen molar-refractivity contribution in [2.75, 3.05) is 13.7 Å². The van der Waals surface area contributed by atoms with Crippen LogP contribution in [0.2, 0.25) is 0 Å². The van der Waals surface area contributed by atoms with E-state index in [4.69, 9.17) is 0 Å². The lowest BCUT2D eigenvalue weighted by atomic mass is 10.4. The summed E-state index contributed by atoms with van der Waals surface area (Å²) < 4.78 is 31.1. The maximum absolute atomic E-state index is 11.7. The number of halogens is 1. The van der Waals surface area contributed by atoms with Crippen LogP contribution in [0.15, 0.2) is 17.3 Å². The fourth-order valence-corrected chi connectivity index (χ4v) is 2.82. The average Bonchev–Trinajstić information content (AvgIpc) is 2.72. The first-order chi connectivity index (χ1) is 7.86. The molecule has 96 valence electrons. The molecule has 1 aromatic rings. The van der Waals surface area contributed by atoms with Gasteiger partial charge in [-0.25, -0.2) is 13.1 Å². The minimum atomic E-state index is -3.62. The second-order valence-electron chi connectivity index (χ2n) is 3.19. The third-order valence-corrected chi connectivity index (χ3v) is 4.23. The molecule has 0 radical (unpaired) electrons. The Morgan fingerprint density at radius 2 is 2.35 bits per heavy atom. The van der Waals surface area contributed by atoms with E-state index in [2.05, 4.69) is 14.6 Å². The van der Waals surface area contributed by atoms with Gasteiger partial charge in [0.25, 0.3) is 0 Å². The Labute approximate surface area is 113 Å². The Morgan fingerprint density at radius 1 is 1.71 bits per heavy atom. The Morgan fingerprint density at radius 3 is 2.82 bits per heavy atom. The van der Waals surface area contributed by atoms with Crippen molar-refractivity contribution in [3.05, 3.63) is 12.4 Å². The summed E-state index contributed by atoms with van der Waals surface area (Å²) >= 11 is 1.81. The maximum atomic E-state index is 11.7. The number of carbonyl (C=O) groups excluding carboxylic acids is 1. The number of aromatic nitrogens is 2. The van der Waals surface area contributed by atoms with Crippen LogP contribution in [0.25, 0.3) is 0 Å². The van der Waals surface area contributed by atoms with Crippen molar-refractivity contribution in [3.63, 3.8) is 0 Å². The van der Waals surface area contributed by atoms with Gasteiger partial charge in [-0.3, -0.25) is 9.48 Å². The van der Waals surface area contributed by atoms with Crippen molar-refractivity contribution >= 4 is 38.6 Å². The van der Waals surface area contributed by atoms with Crippen molar-refractivity contribution in [2.45, 2.75) is 8.82 Å². The van der Waals surface area contributed by atoms with Crippen LogP contribution < -0.4 is 4.72 Å². The SMILES string of the molecule is COC(=O)C(I)CNS(=O)(=O)c1cnn(C)c1. The van der Waals surface area contributed by atoms with Crippen molar-refractivity contribution in [2.24, 2.45) is 7.05 Å². The molecular formula is C8H12IN3O4S. The fraction of sp³-hybridized carbons (Fsp3) is 0.500. The van der Waals surface area contributed by atoms with Gasteiger partial charge in [-0.05, 0) is 0 Å². The first kappa shape index (κ1) is 14.4. The number of esters is 1. The van der Waals surface area contributed by atoms with E-state index in [1.165, 1.54) is 24.2 Å². The first-order valence-corrected chi connectivity index (χ1v) is 7.30. The highest BCUT2D eigenvalue weighted by atomic mass is 127. The van der Waals surface area contributed by atoms with Crippen molar-refractivity contribution < 1.29 is 17.9 Å². The molecule has 0 aromatic carbocycles. The predicted molar refractivity (Wildman–Crippen MR) is 68.2 cm³/mol. The molecule has 17 heavy (non-hydrogen) atoms. The van der Waals surface area contributed by atoms with Gasteiger partial charge < -0.3 is 4.74 Å². The van der Waals surface area contributed by atoms with E-state index in [9.17, 15) is 13.2 Å². The van der Waals surface area contributed by atoms with Gasteiger partial charge in [-0.15, -0.1) is 0 Å². The van der Waals surface area contributed by atoms with Crippen molar-refractivity contribution in [3.8, 4) is 0 Å². The lowest BCUT2D eigenvalue weighted by Crippen LogP contribution is -2.33. The zero-order valence-electron chi connectivity index (χ0n) is 9.25. The Kier molecular flexibility index (Phi) is 4.89. The monoisotopic (exact) mass is 373 g/mol. The van der Waals surface area contributed by atoms with E-state index in [-0.39, 0.29) is 11.4 Å². The van der Waals surface area contributed by atoms with Crippen LogP contribution in [0.4, 0.5) is 0 Å². The Bertz CT molecular complexity index is 499. The van der Waals surface area contributed by atoms with Crippen LogP contribution in [0, 0.1) is 0 Å². The second-order valence-corrected chi connectivity index (χ2v) is 6.46. The number of alkyl halides is 1. The summed E-state index contributed by atoms with van der Waals surface area (Å²) in [6.45, 7) is -0.0234. The molecule has 0 amide bonds. The summed E-state index contributed by atoms with van der Waals surface area (Å²) in [5.74, 6) is -0.473. The number of rotatable bonds is 5. The third kappa shape index (κ3) is 3.92. The van der Waals surface area contributed by atoms with Gasteiger partial charge >= 0.3 is 5.97 Å². The van der Waals surface area contributed by atoms with Crippen LogP contribution >= 0.6 is 22.6 Å². The molecule has 1 heterocycles. The zero-order chi connectivity index (χ0) is 13.1. The summed E-state index contributed by atoms with van der Waals surface area (Å²) in [6.07, 6.45) is 2.62. The number of hydrogen-bond donors (Lipinski definition) is 1. The van der Waals surface area contributed by atoms with Gasteiger partial charge in [0.1, 0.15) is 8.82 Å². The van der Waals surface area contributed by atoms with E-state index >= 15 is 0 Å². The largest absolute Gasteiger partial charge is 0.468 e. The Balaban J connectivity index is 2.66. The number of hydrogen-bond acceptors (Lipinski definition) is 5. The van der Waals surface area contributed by atoms with Crippen LogP contribution in [0.5, 0.6) is 0 Å². The summed E-state index contributed by atoms with van der Waals surface area (Å²) in [5.41, 5.74) is 0. The molecule has 0 aliphatic carbocycles. The van der Waals surface area contributed by atoms with Crippen LogP contribution in [0.1, 0.15) is 0 Å². The lowest BCUT2D eigenvalue weighted by molar-refractivity contribution is -0.139. The van der Waals surface area contributed by atoms with E-state index in [0.29, 0.717) is 0 Å². The number of aryl methyl sites for hydroxylation is 1. The molecule has 1 rings (SSSR count). The molecule has 0 saturated heterocycles. The summed E-state index contributed by atoms with van der Waals surface area (Å²) in [6, 6.07) is 0. The lowest BCUT2D eigenvalue weighted by Gasteiger charge is -2.08. The summed E-state index contributed by atoms with van der Waals surface area (Å²) in [4.78, 5) is 11.2. The van der Waals surface area contributed by atoms with Crippen LogP contribution in [-0.2, 0) is 26.6 Å². The van der Waals surface area contributed by atoms with E-state index in [1.807, 2.05) is 22.6 Å². The van der Waals surface area contributed by atoms with Crippen molar-refractivity contribution in [1.29, 1.82) is 0 Å². The number of ether oxygens (including phenoxy) is 1. The number of sulfonamides is 1. The molecule has 9 heteroatoms. The molecule has 1 N–H and O–H groups in total. The number of methoxy groups -OCH3 is 1. The molecule has 0 aliphatic heterocycles. The van der Waals surface area contributed by atoms with Gasteiger partial charge in [0, 0.05) is 19.8 Å². The average molecular weight is 373 g/mol. The number of nitrogens with one attached hydrogen (secondary N) is 1. The van der Waals surface area contributed by atoms with Gasteiger partial charge in [0.05, 0.1) is 13.3 Å². The smallest absolute Gasteiger partial charge is 0.319 e. The minimum Gasteiger partial charge on any atom is -0.468 e.